The van der Waals surface area contributed by atoms with Gasteiger partial charge in [-0.15, -0.1) is 0 Å². The number of pyridine rings is 1. The van der Waals surface area contributed by atoms with Gasteiger partial charge < -0.3 is 16.0 Å². The average Bonchev–Trinajstić information content (AvgIpc) is 2.75. The maximum atomic E-state index is 13.0. The molecule has 7 heteroatoms. The highest BCUT2D eigenvalue weighted by atomic mass is 35.5. The van der Waals surface area contributed by atoms with Gasteiger partial charge in [0, 0.05) is 18.9 Å². The molecule has 0 bridgehead atoms. The third-order valence-electron chi connectivity index (χ3n) is 5.38. The molecule has 1 unspecified atom stereocenters. The molecule has 0 saturated carbocycles. The number of halogens is 2. The first-order valence-corrected chi connectivity index (χ1v) is 11.0. The average molecular weight is 435 g/mol. The Labute approximate surface area is 182 Å². The molecule has 2 heterocycles. The Morgan fingerprint density at radius 1 is 1.14 bits per heavy atom. The van der Waals surface area contributed by atoms with Crippen molar-refractivity contribution < 1.29 is 4.79 Å². The molecule has 1 aliphatic rings. The van der Waals surface area contributed by atoms with Gasteiger partial charge in [0.1, 0.15) is 6.04 Å². The summed E-state index contributed by atoms with van der Waals surface area (Å²) in [6.45, 7) is 3.46. The zero-order valence-corrected chi connectivity index (χ0v) is 18.0. The number of nitrogens with zero attached hydrogens (tertiary/aromatic N) is 1. The highest BCUT2D eigenvalue weighted by Gasteiger charge is 2.24. The minimum Gasteiger partial charge on any atom is -0.354 e. The van der Waals surface area contributed by atoms with E-state index in [0.717, 1.165) is 38.0 Å². The maximum absolute atomic E-state index is 13.0. The van der Waals surface area contributed by atoms with Crippen molar-refractivity contribution in [3.8, 4) is 0 Å². The fourth-order valence-electron chi connectivity index (χ4n) is 3.67. The fraction of sp³-hybridized carbons (Fsp3) is 0.455. The Bertz CT molecular complexity index is 782. The first kappa shape index (κ1) is 22.0. The lowest BCUT2D eigenvalue weighted by Crippen LogP contribution is -2.39. The Balaban J connectivity index is 1.61. The number of hydrogen-bond acceptors (Lipinski definition) is 4. The van der Waals surface area contributed by atoms with Crippen LogP contribution in [0.3, 0.4) is 0 Å². The van der Waals surface area contributed by atoms with Crippen LogP contribution >= 0.6 is 23.2 Å². The molecule has 0 aliphatic carbocycles. The summed E-state index contributed by atoms with van der Waals surface area (Å²) >= 11 is 12.6. The van der Waals surface area contributed by atoms with Crippen molar-refractivity contribution in [2.45, 2.75) is 31.7 Å². The molecule has 0 spiro atoms. The molecule has 1 aliphatic heterocycles. The topological polar surface area (TPSA) is 66.0 Å². The van der Waals surface area contributed by atoms with Crippen LogP contribution in [0.5, 0.6) is 0 Å². The number of carbonyl (C=O) groups is 1. The SMILES string of the molecule is O=C(NCCc1ccncc1)C(NCCC1CCNCC1)c1cccc(Cl)c1Cl. The molecule has 3 rings (SSSR count). The van der Waals surface area contributed by atoms with E-state index in [4.69, 9.17) is 23.2 Å². The van der Waals surface area contributed by atoms with Crippen LogP contribution in [0.25, 0.3) is 0 Å². The number of amides is 1. The van der Waals surface area contributed by atoms with E-state index >= 15 is 0 Å². The molecule has 0 radical (unpaired) electrons. The van der Waals surface area contributed by atoms with Crippen molar-refractivity contribution in [3.05, 3.63) is 63.9 Å². The largest absolute Gasteiger partial charge is 0.354 e. The van der Waals surface area contributed by atoms with Crippen molar-refractivity contribution in [1.29, 1.82) is 0 Å². The lowest BCUT2D eigenvalue weighted by atomic mass is 9.94. The Morgan fingerprint density at radius 3 is 2.66 bits per heavy atom. The highest BCUT2D eigenvalue weighted by molar-refractivity contribution is 6.42. The van der Waals surface area contributed by atoms with Gasteiger partial charge in [0.05, 0.1) is 10.0 Å². The molecule has 1 saturated heterocycles. The van der Waals surface area contributed by atoms with Gasteiger partial charge in [0.15, 0.2) is 0 Å². The zero-order valence-electron chi connectivity index (χ0n) is 16.5. The van der Waals surface area contributed by atoms with Crippen LogP contribution in [0, 0.1) is 5.92 Å². The predicted octanol–water partition coefficient (Wildman–Crippen LogP) is 3.77. The third-order valence-corrected chi connectivity index (χ3v) is 6.21. The van der Waals surface area contributed by atoms with Gasteiger partial charge >= 0.3 is 0 Å². The predicted molar refractivity (Wildman–Crippen MR) is 118 cm³/mol. The van der Waals surface area contributed by atoms with Gasteiger partial charge in [0.25, 0.3) is 0 Å². The van der Waals surface area contributed by atoms with Gasteiger partial charge in [-0.05, 0) is 80.6 Å². The second kappa shape index (κ2) is 11.5. The number of piperidine rings is 1. The number of hydrogen-bond donors (Lipinski definition) is 3. The summed E-state index contributed by atoms with van der Waals surface area (Å²) in [5, 5.41) is 10.7. The minimum absolute atomic E-state index is 0.0893. The Kier molecular flexibility index (Phi) is 8.74. The molecule has 156 valence electrons. The van der Waals surface area contributed by atoms with Crippen molar-refractivity contribution in [2.75, 3.05) is 26.2 Å². The van der Waals surface area contributed by atoms with E-state index in [9.17, 15) is 4.79 Å². The van der Waals surface area contributed by atoms with Crippen LogP contribution in [0.2, 0.25) is 10.0 Å². The number of benzene rings is 1. The van der Waals surface area contributed by atoms with Crippen LogP contribution in [0.1, 0.15) is 36.4 Å². The van der Waals surface area contributed by atoms with Gasteiger partial charge in [-0.25, -0.2) is 0 Å². The van der Waals surface area contributed by atoms with Crippen molar-refractivity contribution >= 4 is 29.1 Å². The molecular weight excluding hydrogens is 407 g/mol. The van der Waals surface area contributed by atoms with Gasteiger partial charge in [-0.1, -0.05) is 35.3 Å². The van der Waals surface area contributed by atoms with E-state index < -0.39 is 6.04 Å². The molecular formula is C22H28Cl2N4O. The summed E-state index contributed by atoms with van der Waals surface area (Å²) in [4.78, 5) is 17.0. The van der Waals surface area contributed by atoms with E-state index in [2.05, 4.69) is 20.9 Å². The molecule has 3 N–H and O–H groups in total. The highest BCUT2D eigenvalue weighted by Crippen LogP contribution is 2.30. The molecule has 2 aromatic rings. The molecule has 1 aromatic carbocycles. The summed E-state index contributed by atoms with van der Waals surface area (Å²) in [7, 11) is 0. The molecule has 1 fully saturated rings. The van der Waals surface area contributed by atoms with Gasteiger partial charge in [-0.3, -0.25) is 9.78 Å². The minimum atomic E-state index is -0.527. The quantitative estimate of drug-likeness (QED) is 0.561. The third kappa shape index (κ3) is 6.68. The number of rotatable bonds is 9. The van der Waals surface area contributed by atoms with Crippen LogP contribution in [-0.4, -0.2) is 37.1 Å². The van der Waals surface area contributed by atoms with Crippen LogP contribution in [0.15, 0.2) is 42.7 Å². The second-order valence-electron chi connectivity index (χ2n) is 7.41. The molecule has 1 atom stereocenters. The van der Waals surface area contributed by atoms with Crippen LogP contribution < -0.4 is 16.0 Å². The molecule has 1 amide bonds. The molecule has 29 heavy (non-hydrogen) atoms. The zero-order chi connectivity index (χ0) is 20.5. The van der Waals surface area contributed by atoms with E-state index in [1.165, 1.54) is 12.8 Å². The van der Waals surface area contributed by atoms with Crippen LogP contribution in [0.4, 0.5) is 0 Å². The maximum Gasteiger partial charge on any atom is 0.241 e. The van der Waals surface area contributed by atoms with Crippen molar-refractivity contribution in [1.82, 2.24) is 20.9 Å². The summed E-state index contributed by atoms with van der Waals surface area (Å²) in [5.41, 5.74) is 1.85. The lowest BCUT2D eigenvalue weighted by Gasteiger charge is -2.25. The summed E-state index contributed by atoms with van der Waals surface area (Å²) < 4.78 is 0. The standard InChI is InChI=1S/C22H28Cl2N4O/c23-19-3-1-2-18(20(19)24)21(27-14-8-16-4-10-25-11-5-16)22(29)28-15-9-17-6-12-26-13-7-17/h1-3,6-7,12-13,16,21,25,27H,4-5,8-11,14-15H2,(H,28,29). The first-order chi connectivity index (χ1) is 14.1. The monoisotopic (exact) mass is 434 g/mol. The van der Waals surface area contributed by atoms with E-state index in [-0.39, 0.29) is 5.91 Å². The number of aromatic nitrogens is 1. The number of nitrogens with one attached hydrogen (secondary N) is 3. The first-order valence-electron chi connectivity index (χ1n) is 10.2. The lowest BCUT2D eigenvalue weighted by molar-refractivity contribution is -0.123. The smallest absolute Gasteiger partial charge is 0.241 e. The summed E-state index contributed by atoms with van der Waals surface area (Å²) in [5.74, 6) is 0.600. The van der Waals surface area contributed by atoms with Crippen LogP contribution in [-0.2, 0) is 11.2 Å². The Hall–Kier alpha value is -1.66. The fourth-order valence-corrected chi connectivity index (χ4v) is 4.09. The summed E-state index contributed by atoms with van der Waals surface area (Å²) in [6, 6.07) is 8.80. The number of carbonyl (C=O) groups excluding carboxylic acids is 1. The van der Waals surface area contributed by atoms with Crippen molar-refractivity contribution in [2.24, 2.45) is 5.92 Å². The summed E-state index contributed by atoms with van der Waals surface area (Å²) in [6.07, 6.45) is 7.67. The van der Waals surface area contributed by atoms with Gasteiger partial charge in [-0.2, -0.15) is 0 Å². The molecule has 1 aromatic heterocycles. The molecule has 5 nitrogen and oxygen atoms in total. The van der Waals surface area contributed by atoms with E-state index in [1.54, 1.807) is 18.5 Å². The van der Waals surface area contributed by atoms with E-state index in [1.807, 2.05) is 24.3 Å². The van der Waals surface area contributed by atoms with Gasteiger partial charge in [0.2, 0.25) is 5.91 Å². The normalized spacial score (nSPS) is 15.8. The van der Waals surface area contributed by atoms with E-state index in [0.29, 0.717) is 28.1 Å². The second-order valence-corrected chi connectivity index (χ2v) is 8.19. The Morgan fingerprint density at radius 2 is 1.90 bits per heavy atom. The van der Waals surface area contributed by atoms with Crippen molar-refractivity contribution in [3.63, 3.8) is 0 Å².